The summed E-state index contributed by atoms with van der Waals surface area (Å²) in [6, 6.07) is 0.619. The van der Waals surface area contributed by atoms with Crippen LogP contribution in [0.5, 0.6) is 0 Å². The summed E-state index contributed by atoms with van der Waals surface area (Å²) >= 11 is 0. The molecule has 118 valence electrons. The first kappa shape index (κ1) is 14.2. The molecule has 4 rings (SSSR count). The minimum absolute atomic E-state index is 0.241. The number of aromatic nitrogens is 2. The normalized spacial score (nSPS) is 27.2. The van der Waals surface area contributed by atoms with Crippen molar-refractivity contribution in [3.05, 3.63) is 23.3 Å². The lowest BCUT2D eigenvalue weighted by molar-refractivity contribution is -0.135. The molecule has 2 aliphatic heterocycles. The van der Waals surface area contributed by atoms with E-state index in [0.29, 0.717) is 11.9 Å². The number of amides is 1. The minimum Gasteiger partial charge on any atom is -0.332 e. The number of fused-ring (bicyclic) bond motifs is 4. The lowest BCUT2D eigenvalue weighted by atomic mass is 9.97. The molecule has 3 heterocycles. The van der Waals surface area contributed by atoms with E-state index in [4.69, 9.17) is 0 Å². The number of rotatable bonds is 3. The molecule has 1 amide bonds. The Kier molecular flexibility index (Phi) is 3.63. The van der Waals surface area contributed by atoms with Crippen LogP contribution in [-0.2, 0) is 11.2 Å². The Balaban J connectivity index is 1.48. The van der Waals surface area contributed by atoms with Gasteiger partial charge < -0.3 is 4.90 Å². The van der Waals surface area contributed by atoms with Gasteiger partial charge in [-0.15, -0.1) is 0 Å². The van der Waals surface area contributed by atoms with E-state index in [1.165, 1.54) is 36.9 Å². The van der Waals surface area contributed by atoms with Crippen molar-refractivity contribution in [2.24, 2.45) is 5.92 Å². The standard InChI is InChI=1S/C18H25N3O/c1-12-19-11-15-16(20-12)10-14-7-8-17(15)21(14)18(22)9-6-13-4-2-3-5-13/h11,13-14,17H,2-10H2,1H3. The summed E-state index contributed by atoms with van der Waals surface area (Å²) in [6.45, 7) is 1.95. The Morgan fingerprint density at radius 3 is 2.91 bits per heavy atom. The quantitative estimate of drug-likeness (QED) is 0.860. The zero-order valence-electron chi connectivity index (χ0n) is 13.4. The number of hydrogen-bond donors (Lipinski definition) is 0. The Morgan fingerprint density at radius 2 is 2.09 bits per heavy atom. The molecule has 22 heavy (non-hydrogen) atoms. The van der Waals surface area contributed by atoms with Crippen molar-refractivity contribution in [2.75, 3.05) is 0 Å². The van der Waals surface area contributed by atoms with Crippen molar-refractivity contribution in [2.45, 2.75) is 76.8 Å². The van der Waals surface area contributed by atoms with Crippen molar-refractivity contribution in [1.29, 1.82) is 0 Å². The third kappa shape index (κ3) is 2.42. The summed E-state index contributed by atoms with van der Waals surface area (Å²) in [5.74, 6) is 2.01. The van der Waals surface area contributed by atoms with Crippen LogP contribution in [0.3, 0.4) is 0 Å². The van der Waals surface area contributed by atoms with E-state index in [-0.39, 0.29) is 6.04 Å². The fourth-order valence-electron chi connectivity index (χ4n) is 4.71. The monoisotopic (exact) mass is 299 g/mol. The third-order valence-corrected chi connectivity index (χ3v) is 5.84. The Labute approximate surface area is 132 Å². The molecule has 1 aromatic rings. The van der Waals surface area contributed by atoms with E-state index in [0.717, 1.165) is 43.8 Å². The maximum absolute atomic E-state index is 12.8. The molecule has 1 saturated heterocycles. The highest BCUT2D eigenvalue weighted by molar-refractivity contribution is 5.78. The van der Waals surface area contributed by atoms with Crippen LogP contribution in [0.1, 0.15) is 74.5 Å². The number of carbonyl (C=O) groups excluding carboxylic acids is 1. The van der Waals surface area contributed by atoms with Crippen molar-refractivity contribution < 1.29 is 4.79 Å². The van der Waals surface area contributed by atoms with E-state index in [9.17, 15) is 4.79 Å². The van der Waals surface area contributed by atoms with Crippen molar-refractivity contribution in [1.82, 2.24) is 14.9 Å². The van der Waals surface area contributed by atoms with E-state index >= 15 is 0 Å². The van der Waals surface area contributed by atoms with Gasteiger partial charge in [0.2, 0.25) is 5.91 Å². The molecule has 2 atom stereocenters. The molecule has 4 heteroatoms. The molecule has 0 N–H and O–H groups in total. The second-order valence-corrected chi connectivity index (χ2v) is 7.26. The fraction of sp³-hybridized carbons (Fsp3) is 0.722. The van der Waals surface area contributed by atoms with Gasteiger partial charge in [-0.3, -0.25) is 4.79 Å². The topological polar surface area (TPSA) is 46.1 Å². The summed E-state index contributed by atoms with van der Waals surface area (Å²) in [5, 5.41) is 0. The van der Waals surface area contributed by atoms with Crippen LogP contribution < -0.4 is 0 Å². The lowest BCUT2D eigenvalue weighted by Crippen LogP contribution is -2.42. The zero-order valence-corrected chi connectivity index (χ0v) is 13.4. The average molecular weight is 299 g/mol. The largest absolute Gasteiger partial charge is 0.332 e. The van der Waals surface area contributed by atoms with Crippen LogP contribution in [0.15, 0.2) is 6.20 Å². The highest BCUT2D eigenvalue weighted by Gasteiger charge is 2.43. The van der Waals surface area contributed by atoms with Crippen LogP contribution in [0.25, 0.3) is 0 Å². The van der Waals surface area contributed by atoms with Gasteiger partial charge in [-0.05, 0) is 32.1 Å². The summed E-state index contributed by atoms with van der Waals surface area (Å²) < 4.78 is 0. The van der Waals surface area contributed by atoms with Gasteiger partial charge in [-0.25, -0.2) is 9.97 Å². The molecule has 2 bridgehead atoms. The Morgan fingerprint density at radius 1 is 1.27 bits per heavy atom. The summed E-state index contributed by atoms with van der Waals surface area (Å²) in [6.07, 6.45) is 12.3. The fourth-order valence-corrected chi connectivity index (χ4v) is 4.71. The molecule has 1 aromatic heterocycles. The van der Waals surface area contributed by atoms with Gasteiger partial charge in [0.15, 0.2) is 0 Å². The number of nitrogens with zero attached hydrogens (tertiary/aromatic N) is 3. The molecule has 3 aliphatic rings. The molecule has 0 spiro atoms. The van der Waals surface area contributed by atoms with Crippen LogP contribution in [-0.4, -0.2) is 26.8 Å². The van der Waals surface area contributed by atoms with Crippen LogP contribution in [0.4, 0.5) is 0 Å². The first-order valence-electron chi connectivity index (χ1n) is 8.86. The highest BCUT2D eigenvalue weighted by Crippen LogP contribution is 2.43. The molecule has 0 aromatic carbocycles. The first-order valence-corrected chi connectivity index (χ1v) is 8.86. The van der Waals surface area contributed by atoms with Crippen molar-refractivity contribution in [3.63, 3.8) is 0 Å². The van der Waals surface area contributed by atoms with Gasteiger partial charge in [-0.1, -0.05) is 25.7 Å². The molecule has 1 aliphatic carbocycles. The molecule has 4 nitrogen and oxygen atoms in total. The van der Waals surface area contributed by atoms with E-state index in [1.807, 2.05) is 13.1 Å². The third-order valence-electron chi connectivity index (χ3n) is 5.84. The van der Waals surface area contributed by atoms with E-state index in [1.54, 1.807) is 0 Å². The number of aryl methyl sites for hydroxylation is 1. The highest BCUT2D eigenvalue weighted by atomic mass is 16.2. The first-order chi connectivity index (χ1) is 10.7. The lowest BCUT2D eigenvalue weighted by Gasteiger charge is -2.36. The minimum atomic E-state index is 0.241. The second-order valence-electron chi connectivity index (χ2n) is 7.26. The van der Waals surface area contributed by atoms with Crippen molar-refractivity contribution >= 4 is 5.91 Å². The van der Waals surface area contributed by atoms with Gasteiger partial charge in [0.05, 0.1) is 11.7 Å². The molecular formula is C18H25N3O. The molecule has 1 saturated carbocycles. The maximum atomic E-state index is 12.8. The van der Waals surface area contributed by atoms with Gasteiger partial charge >= 0.3 is 0 Å². The predicted molar refractivity (Wildman–Crippen MR) is 84.3 cm³/mol. The maximum Gasteiger partial charge on any atom is 0.223 e. The van der Waals surface area contributed by atoms with Gasteiger partial charge in [-0.2, -0.15) is 0 Å². The summed E-state index contributed by atoms with van der Waals surface area (Å²) in [5.41, 5.74) is 2.38. The zero-order chi connectivity index (χ0) is 15.1. The SMILES string of the molecule is Cc1ncc2c(n1)CC1CCC2N1C(=O)CCC1CCCC1. The van der Waals surface area contributed by atoms with Gasteiger partial charge in [0.1, 0.15) is 5.82 Å². The van der Waals surface area contributed by atoms with Gasteiger partial charge in [0.25, 0.3) is 0 Å². The molecule has 2 fully saturated rings. The molecular weight excluding hydrogens is 274 g/mol. The van der Waals surface area contributed by atoms with Crippen LogP contribution >= 0.6 is 0 Å². The van der Waals surface area contributed by atoms with Crippen molar-refractivity contribution in [3.8, 4) is 0 Å². The van der Waals surface area contributed by atoms with Crippen LogP contribution in [0.2, 0.25) is 0 Å². The Hall–Kier alpha value is -1.45. The smallest absolute Gasteiger partial charge is 0.223 e. The molecule has 0 radical (unpaired) electrons. The van der Waals surface area contributed by atoms with E-state index in [2.05, 4.69) is 14.9 Å². The summed E-state index contributed by atoms with van der Waals surface area (Å²) in [4.78, 5) is 23.9. The number of hydrogen-bond acceptors (Lipinski definition) is 3. The second kappa shape index (κ2) is 5.64. The Bertz CT molecular complexity index is 580. The predicted octanol–water partition coefficient (Wildman–Crippen LogP) is 3.34. The molecule has 2 unspecified atom stereocenters. The average Bonchev–Trinajstić information content (AvgIpc) is 3.12. The van der Waals surface area contributed by atoms with Gasteiger partial charge in [0, 0.05) is 30.6 Å². The van der Waals surface area contributed by atoms with Crippen LogP contribution in [0, 0.1) is 12.8 Å². The van der Waals surface area contributed by atoms with E-state index < -0.39 is 0 Å². The number of carbonyl (C=O) groups is 1. The summed E-state index contributed by atoms with van der Waals surface area (Å²) in [7, 11) is 0.